The van der Waals surface area contributed by atoms with Crippen molar-refractivity contribution in [3.8, 4) is 0 Å². The molecular weight excluding hydrogens is 582 g/mol. The number of carbonyl (C=O) groups is 3. The average Bonchev–Trinajstić information content (AvgIpc) is 3.00. The number of rotatable bonds is 32. The zero-order valence-electron chi connectivity index (χ0n) is 30.3. The van der Waals surface area contributed by atoms with Crippen LogP contribution in [0.1, 0.15) is 149 Å². The van der Waals surface area contributed by atoms with Gasteiger partial charge in [-0.3, -0.25) is 9.59 Å². The van der Waals surface area contributed by atoms with E-state index in [1.165, 1.54) is 77.0 Å². The van der Waals surface area contributed by atoms with E-state index in [1.54, 1.807) is 0 Å². The van der Waals surface area contributed by atoms with Crippen molar-refractivity contribution in [3.05, 3.63) is 24.3 Å². The maximum absolute atomic E-state index is 12.5. The highest BCUT2D eigenvalue weighted by molar-refractivity contribution is 5.72. The maximum Gasteiger partial charge on any atom is 0.362 e. The third-order valence-electron chi connectivity index (χ3n) is 8.09. The molecule has 2 atom stereocenters. The van der Waals surface area contributed by atoms with Crippen LogP contribution < -0.4 is 0 Å². The van der Waals surface area contributed by atoms with Gasteiger partial charge < -0.3 is 23.8 Å². The number of unbranched alkanes of at least 4 members (excludes halogenated alkanes) is 14. The average molecular weight is 653 g/mol. The second-order valence-corrected chi connectivity index (χ2v) is 13.5. The Morgan fingerprint density at radius 3 is 1.70 bits per heavy atom. The zero-order valence-corrected chi connectivity index (χ0v) is 30.3. The molecule has 0 heterocycles. The molecule has 0 aromatic heterocycles. The molecule has 0 radical (unpaired) electrons. The summed E-state index contributed by atoms with van der Waals surface area (Å²) in [5.74, 6) is -1.54. The highest BCUT2D eigenvalue weighted by Gasteiger charge is 2.31. The predicted octanol–water partition coefficient (Wildman–Crippen LogP) is 8.96. The Bertz CT molecular complexity index is 818. The number of carboxylic acids is 1. The molecule has 0 saturated heterocycles. The summed E-state index contributed by atoms with van der Waals surface area (Å²) in [6.45, 7) is 4.59. The monoisotopic (exact) mass is 653 g/mol. The number of nitrogens with zero attached hydrogens (tertiary/aromatic N) is 1. The largest absolute Gasteiger partial charge is 0.477 e. The van der Waals surface area contributed by atoms with Crippen LogP contribution in [0.4, 0.5) is 0 Å². The Balaban J connectivity index is 4.37. The Hall–Kier alpha value is -2.19. The Kier molecular flexibility index (Phi) is 28.7. The second kappa shape index (κ2) is 30.2. The molecule has 8 nitrogen and oxygen atoms in total. The van der Waals surface area contributed by atoms with Gasteiger partial charge in [-0.15, -0.1) is 0 Å². The van der Waals surface area contributed by atoms with Crippen molar-refractivity contribution < 1.29 is 38.2 Å². The van der Waals surface area contributed by atoms with Crippen LogP contribution in [0.3, 0.4) is 0 Å². The van der Waals surface area contributed by atoms with Crippen molar-refractivity contribution in [1.82, 2.24) is 0 Å². The van der Waals surface area contributed by atoms with E-state index in [-0.39, 0.29) is 42.7 Å². The minimum absolute atomic E-state index is 0.0457. The van der Waals surface area contributed by atoms with Crippen LogP contribution in [0.5, 0.6) is 0 Å². The number of ether oxygens (including phenoxy) is 3. The predicted molar refractivity (Wildman–Crippen MR) is 188 cm³/mol. The van der Waals surface area contributed by atoms with E-state index in [4.69, 9.17) is 14.2 Å². The highest BCUT2D eigenvalue weighted by atomic mass is 16.6. The van der Waals surface area contributed by atoms with Crippen LogP contribution in [0.15, 0.2) is 24.3 Å². The first kappa shape index (κ1) is 43.8. The van der Waals surface area contributed by atoms with Crippen LogP contribution in [0.25, 0.3) is 0 Å². The molecule has 0 rings (SSSR count). The number of likely N-dealkylation sites (N-methyl/N-ethyl adjacent to an activating group) is 1. The number of carboxylic acid groups (broad SMARTS) is 1. The number of carbonyl (C=O) groups excluding carboxylic acids is 2. The summed E-state index contributed by atoms with van der Waals surface area (Å²) < 4.78 is 17.1. The van der Waals surface area contributed by atoms with Crippen LogP contribution in [-0.2, 0) is 28.6 Å². The molecule has 1 N–H and O–H groups in total. The van der Waals surface area contributed by atoms with Crippen molar-refractivity contribution in [3.63, 3.8) is 0 Å². The molecule has 0 aliphatic heterocycles. The highest BCUT2D eigenvalue weighted by Crippen LogP contribution is 2.12. The lowest BCUT2D eigenvalue weighted by atomic mass is 10.1. The van der Waals surface area contributed by atoms with Gasteiger partial charge in [0.25, 0.3) is 0 Å². The molecule has 0 fully saturated rings. The first-order chi connectivity index (χ1) is 22.1. The Morgan fingerprint density at radius 1 is 0.630 bits per heavy atom. The SMILES string of the molecule is CCCCC/C=C/CCC(=O)OC(COCCC(C(=O)O)[N+](C)(C)C)COC(=O)CCCCCCCCC/C=C/CCCCCC. The molecule has 0 aliphatic rings. The van der Waals surface area contributed by atoms with Gasteiger partial charge in [-0.2, -0.15) is 0 Å². The molecule has 0 aliphatic carbocycles. The summed E-state index contributed by atoms with van der Waals surface area (Å²) in [7, 11) is 5.49. The fourth-order valence-electron chi connectivity index (χ4n) is 5.16. The molecule has 0 amide bonds. The Labute approximate surface area is 281 Å². The van der Waals surface area contributed by atoms with E-state index in [0.717, 1.165) is 32.1 Å². The first-order valence-corrected chi connectivity index (χ1v) is 18.4. The van der Waals surface area contributed by atoms with Gasteiger partial charge in [-0.05, 0) is 51.4 Å². The summed E-state index contributed by atoms with van der Waals surface area (Å²) in [4.78, 5) is 36.5. The molecule has 2 unspecified atom stereocenters. The number of esters is 2. The summed E-state index contributed by atoms with van der Waals surface area (Å²) in [6.07, 6.45) is 29.6. The molecule has 268 valence electrons. The van der Waals surface area contributed by atoms with E-state index >= 15 is 0 Å². The van der Waals surface area contributed by atoms with Crippen molar-refractivity contribution in [2.75, 3.05) is 41.0 Å². The quantitative estimate of drug-likeness (QED) is 0.0335. The van der Waals surface area contributed by atoms with E-state index in [2.05, 4.69) is 32.1 Å². The number of allylic oxidation sites excluding steroid dienone is 4. The lowest BCUT2D eigenvalue weighted by molar-refractivity contribution is -0.887. The van der Waals surface area contributed by atoms with Crippen LogP contribution >= 0.6 is 0 Å². The van der Waals surface area contributed by atoms with Crippen molar-refractivity contribution in [2.24, 2.45) is 0 Å². The van der Waals surface area contributed by atoms with Gasteiger partial charge in [0.2, 0.25) is 0 Å². The topological polar surface area (TPSA) is 99.1 Å². The second-order valence-electron chi connectivity index (χ2n) is 13.5. The lowest BCUT2D eigenvalue weighted by Crippen LogP contribution is -2.50. The van der Waals surface area contributed by atoms with Gasteiger partial charge >= 0.3 is 17.9 Å². The third kappa shape index (κ3) is 28.1. The molecule has 46 heavy (non-hydrogen) atoms. The van der Waals surface area contributed by atoms with E-state index in [1.807, 2.05) is 27.2 Å². The number of quaternary nitrogens is 1. The summed E-state index contributed by atoms with van der Waals surface area (Å²) in [5, 5.41) is 9.54. The van der Waals surface area contributed by atoms with Crippen LogP contribution in [0, 0.1) is 0 Å². The fraction of sp³-hybridized carbons (Fsp3) is 0.816. The minimum Gasteiger partial charge on any atom is -0.477 e. The molecule has 8 heteroatoms. The number of hydrogen-bond acceptors (Lipinski definition) is 6. The number of aliphatic carboxylic acids is 1. The summed E-state index contributed by atoms with van der Waals surface area (Å²) in [5.41, 5.74) is 0. The van der Waals surface area contributed by atoms with E-state index in [0.29, 0.717) is 19.3 Å². The van der Waals surface area contributed by atoms with Gasteiger partial charge in [0.15, 0.2) is 12.1 Å². The smallest absolute Gasteiger partial charge is 0.362 e. The standard InChI is InChI=1S/C38H69NO7/c1-6-8-10-12-14-15-16-17-18-19-20-21-23-24-26-28-36(40)45-33-34(32-44-31-30-35(38(42)43)39(3,4)5)46-37(41)29-27-25-22-13-11-9-7-2/h15-16,22,25,34-35H,6-14,17-21,23-24,26-33H2,1-5H3/p+1/b16-15+,25-22+. The zero-order chi connectivity index (χ0) is 34.3. The van der Waals surface area contributed by atoms with Crippen LogP contribution in [-0.4, -0.2) is 80.6 Å². The van der Waals surface area contributed by atoms with Gasteiger partial charge in [-0.25, -0.2) is 4.79 Å². The fourth-order valence-corrected chi connectivity index (χ4v) is 5.16. The summed E-state index contributed by atoms with van der Waals surface area (Å²) >= 11 is 0. The minimum atomic E-state index is -0.882. The van der Waals surface area contributed by atoms with Gasteiger partial charge in [-0.1, -0.05) is 102 Å². The Morgan fingerprint density at radius 2 is 1.13 bits per heavy atom. The van der Waals surface area contributed by atoms with Crippen molar-refractivity contribution >= 4 is 17.9 Å². The molecule has 0 spiro atoms. The van der Waals surface area contributed by atoms with E-state index in [9.17, 15) is 19.5 Å². The van der Waals surface area contributed by atoms with E-state index < -0.39 is 18.1 Å². The molecule has 0 bridgehead atoms. The normalized spacial score (nSPS) is 13.3. The molecule has 0 aromatic carbocycles. The van der Waals surface area contributed by atoms with Crippen molar-refractivity contribution in [2.45, 2.75) is 161 Å². The summed E-state index contributed by atoms with van der Waals surface area (Å²) in [6, 6.07) is -0.616. The maximum atomic E-state index is 12.5. The molecule has 0 aromatic rings. The molecule has 0 saturated carbocycles. The first-order valence-electron chi connectivity index (χ1n) is 18.4. The van der Waals surface area contributed by atoms with Gasteiger partial charge in [0.05, 0.1) is 34.4 Å². The lowest BCUT2D eigenvalue weighted by Gasteiger charge is -2.31. The number of hydrogen-bond donors (Lipinski definition) is 1. The third-order valence-corrected chi connectivity index (χ3v) is 8.09. The van der Waals surface area contributed by atoms with Crippen molar-refractivity contribution in [1.29, 1.82) is 0 Å². The molecular formula is C38H70NO7+. The van der Waals surface area contributed by atoms with Crippen LogP contribution in [0.2, 0.25) is 0 Å². The van der Waals surface area contributed by atoms with Gasteiger partial charge in [0, 0.05) is 19.3 Å². The van der Waals surface area contributed by atoms with Gasteiger partial charge in [0.1, 0.15) is 6.61 Å².